The van der Waals surface area contributed by atoms with Crippen molar-refractivity contribution in [2.24, 2.45) is 0 Å². The molecule has 0 bridgehead atoms. The highest BCUT2D eigenvalue weighted by atomic mass is 16.5. The van der Waals surface area contributed by atoms with Crippen molar-refractivity contribution < 1.29 is 4.74 Å². The summed E-state index contributed by atoms with van der Waals surface area (Å²) in [5, 5.41) is 0. The third kappa shape index (κ3) is 2.89. The van der Waals surface area contributed by atoms with Gasteiger partial charge in [0.25, 0.3) is 0 Å². The van der Waals surface area contributed by atoms with Gasteiger partial charge in [0.05, 0.1) is 13.2 Å². The first-order valence-corrected chi connectivity index (χ1v) is 6.04. The number of hydrogen-bond acceptors (Lipinski definition) is 1. The smallest absolute Gasteiger partial charge is 0.187 e. The van der Waals surface area contributed by atoms with Crippen LogP contribution in [0.15, 0.2) is 48.5 Å². The molecule has 2 nitrogen and oxygen atoms in total. The summed E-state index contributed by atoms with van der Waals surface area (Å²) in [7, 11) is 0. The highest BCUT2D eigenvalue weighted by Crippen LogP contribution is 2.24. The highest BCUT2D eigenvalue weighted by Gasteiger charge is 1.99. The largest absolute Gasteiger partial charge is 0.494 e. The van der Waals surface area contributed by atoms with Gasteiger partial charge >= 0.3 is 0 Å². The molecule has 0 amide bonds. The van der Waals surface area contributed by atoms with Crippen molar-refractivity contribution in [3.8, 4) is 16.9 Å². The van der Waals surface area contributed by atoms with Crippen LogP contribution in [-0.4, -0.2) is 6.61 Å². The number of nitrogens with zero attached hydrogens (tertiary/aromatic N) is 1. The fourth-order valence-corrected chi connectivity index (χ4v) is 1.69. The van der Waals surface area contributed by atoms with E-state index in [-0.39, 0.29) is 0 Å². The van der Waals surface area contributed by atoms with Crippen LogP contribution in [0.4, 0.5) is 5.69 Å². The van der Waals surface area contributed by atoms with Gasteiger partial charge in [-0.05, 0) is 29.7 Å². The van der Waals surface area contributed by atoms with E-state index in [0.717, 1.165) is 29.9 Å². The lowest BCUT2D eigenvalue weighted by molar-refractivity contribution is 0.317. The van der Waals surface area contributed by atoms with Crippen LogP contribution in [0.1, 0.15) is 13.3 Å². The fourth-order valence-electron chi connectivity index (χ4n) is 1.69. The zero-order valence-electron chi connectivity index (χ0n) is 10.4. The second-order valence-electron chi connectivity index (χ2n) is 4.03. The number of benzene rings is 2. The SMILES string of the molecule is [C-]#[N+]c1ccc(-c2ccc(OCCC)cc2)cc1. The molecule has 2 aromatic rings. The van der Waals surface area contributed by atoms with Gasteiger partial charge in [0.15, 0.2) is 5.69 Å². The number of rotatable bonds is 4. The average Bonchev–Trinajstić information content (AvgIpc) is 2.46. The average molecular weight is 237 g/mol. The number of hydrogen-bond donors (Lipinski definition) is 0. The zero-order chi connectivity index (χ0) is 12.8. The molecule has 18 heavy (non-hydrogen) atoms. The van der Waals surface area contributed by atoms with Crippen LogP contribution in [0, 0.1) is 6.57 Å². The molecular formula is C16H15NO. The van der Waals surface area contributed by atoms with Crippen LogP contribution in [0.2, 0.25) is 0 Å². The van der Waals surface area contributed by atoms with E-state index in [4.69, 9.17) is 11.3 Å². The summed E-state index contributed by atoms with van der Waals surface area (Å²) in [4.78, 5) is 3.38. The minimum Gasteiger partial charge on any atom is -0.494 e. The quantitative estimate of drug-likeness (QED) is 0.703. The first-order valence-electron chi connectivity index (χ1n) is 6.04. The molecule has 0 N–H and O–H groups in total. The Bertz CT molecular complexity index is 535. The minimum atomic E-state index is 0.668. The van der Waals surface area contributed by atoms with Crippen molar-refractivity contribution in [3.05, 3.63) is 59.9 Å². The molecule has 0 aliphatic rings. The summed E-state index contributed by atoms with van der Waals surface area (Å²) in [6.45, 7) is 9.76. The van der Waals surface area contributed by atoms with Gasteiger partial charge in [-0.15, -0.1) is 0 Å². The zero-order valence-corrected chi connectivity index (χ0v) is 10.4. The predicted molar refractivity (Wildman–Crippen MR) is 73.9 cm³/mol. The van der Waals surface area contributed by atoms with Crippen LogP contribution in [0.3, 0.4) is 0 Å². The van der Waals surface area contributed by atoms with Crippen LogP contribution < -0.4 is 4.74 Å². The molecular weight excluding hydrogens is 222 g/mol. The van der Waals surface area contributed by atoms with Crippen molar-refractivity contribution in [2.75, 3.05) is 6.61 Å². The molecule has 2 rings (SSSR count). The molecule has 2 aromatic carbocycles. The monoisotopic (exact) mass is 237 g/mol. The van der Waals surface area contributed by atoms with E-state index in [2.05, 4.69) is 11.8 Å². The van der Waals surface area contributed by atoms with Gasteiger partial charge in [-0.1, -0.05) is 43.3 Å². The lowest BCUT2D eigenvalue weighted by Gasteiger charge is -2.06. The molecule has 0 fully saturated rings. The third-order valence-corrected chi connectivity index (χ3v) is 2.66. The molecule has 0 spiro atoms. The Kier molecular flexibility index (Phi) is 3.98. The van der Waals surface area contributed by atoms with Crippen LogP contribution in [0.5, 0.6) is 5.75 Å². The van der Waals surface area contributed by atoms with Gasteiger partial charge in [0, 0.05) is 0 Å². The standard InChI is InChI=1S/C16H15NO/c1-3-12-18-16-10-6-14(7-11-16)13-4-8-15(17-2)9-5-13/h4-11H,3,12H2,1H3. The summed E-state index contributed by atoms with van der Waals surface area (Å²) in [5.41, 5.74) is 2.92. The predicted octanol–water partition coefficient (Wildman–Crippen LogP) is 4.69. The maximum absolute atomic E-state index is 6.92. The molecule has 0 radical (unpaired) electrons. The second-order valence-corrected chi connectivity index (χ2v) is 4.03. The Morgan fingerprint density at radius 3 is 2.00 bits per heavy atom. The Morgan fingerprint density at radius 2 is 1.50 bits per heavy atom. The van der Waals surface area contributed by atoms with E-state index in [9.17, 15) is 0 Å². The van der Waals surface area contributed by atoms with E-state index >= 15 is 0 Å². The maximum Gasteiger partial charge on any atom is 0.187 e. The molecule has 0 aliphatic heterocycles. The molecule has 0 saturated heterocycles. The Labute approximate surface area is 108 Å². The van der Waals surface area contributed by atoms with Crippen LogP contribution >= 0.6 is 0 Å². The van der Waals surface area contributed by atoms with Crippen molar-refractivity contribution in [1.29, 1.82) is 0 Å². The topological polar surface area (TPSA) is 13.6 Å². The minimum absolute atomic E-state index is 0.668. The summed E-state index contributed by atoms with van der Waals surface area (Å²) in [6.07, 6.45) is 1.01. The van der Waals surface area contributed by atoms with Crippen molar-refractivity contribution >= 4 is 5.69 Å². The van der Waals surface area contributed by atoms with Crippen LogP contribution in [-0.2, 0) is 0 Å². The van der Waals surface area contributed by atoms with Gasteiger partial charge in [-0.25, -0.2) is 4.85 Å². The molecule has 0 unspecified atom stereocenters. The Hall–Kier alpha value is -2.27. The Balaban J connectivity index is 2.15. The van der Waals surface area contributed by atoms with E-state index in [1.807, 2.05) is 48.5 Å². The van der Waals surface area contributed by atoms with Crippen molar-refractivity contribution in [2.45, 2.75) is 13.3 Å². The van der Waals surface area contributed by atoms with Gasteiger partial charge in [-0.2, -0.15) is 0 Å². The molecule has 2 heteroatoms. The van der Waals surface area contributed by atoms with E-state index in [1.165, 1.54) is 0 Å². The molecule has 0 aliphatic carbocycles. The summed E-state index contributed by atoms with van der Waals surface area (Å²) >= 11 is 0. The van der Waals surface area contributed by atoms with Gasteiger partial charge < -0.3 is 4.74 Å². The van der Waals surface area contributed by atoms with Gasteiger partial charge in [0.1, 0.15) is 5.75 Å². The fraction of sp³-hybridized carbons (Fsp3) is 0.188. The molecule has 0 heterocycles. The van der Waals surface area contributed by atoms with Crippen molar-refractivity contribution in [3.63, 3.8) is 0 Å². The summed E-state index contributed by atoms with van der Waals surface area (Å²) in [5.74, 6) is 0.901. The first-order chi connectivity index (χ1) is 8.83. The normalized spacial score (nSPS) is 9.78. The molecule has 0 aromatic heterocycles. The van der Waals surface area contributed by atoms with Gasteiger partial charge in [-0.3, -0.25) is 0 Å². The highest BCUT2D eigenvalue weighted by molar-refractivity contribution is 5.66. The van der Waals surface area contributed by atoms with E-state index in [1.54, 1.807) is 0 Å². The number of ether oxygens (including phenoxy) is 1. The summed E-state index contributed by atoms with van der Waals surface area (Å²) in [6, 6.07) is 15.6. The summed E-state index contributed by atoms with van der Waals surface area (Å²) < 4.78 is 5.54. The molecule has 0 atom stereocenters. The first kappa shape index (κ1) is 12.2. The lowest BCUT2D eigenvalue weighted by atomic mass is 10.1. The Morgan fingerprint density at radius 1 is 0.944 bits per heavy atom. The third-order valence-electron chi connectivity index (χ3n) is 2.66. The van der Waals surface area contributed by atoms with Crippen molar-refractivity contribution in [1.82, 2.24) is 0 Å². The lowest BCUT2D eigenvalue weighted by Crippen LogP contribution is -1.94. The van der Waals surface area contributed by atoms with E-state index in [0.29, 0.717) is 5.69 Å². The second kappa shape index (κ2) is 5.88. The van der Waals surface area contributed by atoms with E-state index < -0.39 is 0 Å². The van der Waals surface area contributed by atoms with Gasteiger partial charge in [0.2, 0.25) is 0 Å². The molecule has 0 saturated carbocycles. The molecule has 90 valence electrons. The van der Waals surface area contributed by atoms with Crippen LogP contribution in [0.25, 0.3) is 16.0 Å². The maximum atomic E-state index is 6.92.